The third-order valence-electron chi connectivity index (χ3n) is 2.38. The van der Waals surface area contributed by atoms with Crippen LogP contribution in [0.3, 0.4) is 0 Å². The molecular formula is C9H15N3S. The monoisotopic (exact) mass is 197 g/mol. The average molecular weight is 197 g/mol. The summed E-state index contributed by atoms with van der Waals surface area (Å²) >= 11 is 1.75. The first-order valence-corrected chi connectivity index (χ1v) is 5.49. The Bertz CT molecular complexity index is 276. The highest BCUT2D eigenvalue weighted by Gasteiger charge is 2.15. The van der Waals surface area contributed by atoms with Crippen molar-refractivity contribution in [3.8, 4) is 0 Å². The van der Waals surface area contributed by atoms with Crippen LogP contribution in [0, 0.1) is 6.92 Å². The largest absolute Gasteiger partial charge is 0.346 e. The molecule has 0 aromatic carbocycles. The molecule has 0 N–H and O–H groups in total. The van der Waals surface area contributed by atoms with Crippen LogP contribution in [0.15, 0.2) is 5.38 Å². The minimum Gasteiger partial charge on any atom is -0.346 e. The van der Waals surface area contributed by atoms with E-state index in [4.69, 9.17) is 0 Å². The molecule has 1 aliphatic rings. The molecule has 72 valence electrons. The predicted octanol–water partition coefficient (Wildman–Crippen LogP) is 1.20. The van der Waals surface area contributed by atoms with Crippen molar-refractivity contribution in [3.05, 3.63) is 11.1 Å². The maximum Gasteiger partial charge on any atom is 0.185 e. The number of nitrogens with zero attached hydrogens (tertiary/aromatic N) is 3. The van der Waals surface area contributed by atoms with Gasteiger partial charge in [-0.25, -0.2) is 4.98 Å². The van der Waals surface area contributed by atoms with E-state index in [9.17, 15) is 0 Å². The van der Waals surface area contributed by atoms with Gasteiger partial charge in [0.1, 0.15) is 0 Å². The summed E-state index contributed by atoms with van der Waals surface area (Å²) in [6, 6.07) is 0. The third kappa shape index (κ3) is 2.00. The minimum absolute atomic E-state index is 1.11. The molecule has 1 fully saturated rings. The fraction of sp³-hybridized carbons (Fsp3) is 0.667. The highest BCUT2D eigenvalue weighted by molar-refractivity contribution is 7.13. The maximum atomic E-state index is 4.49. The molecule has 0 spiro atoms. The number of piperazine rings is 1. The predicted molar refractivity (Wildman–Crippen MR) is 56.6 cm³/mol. The Balaban J connectivity index is 2.02. The van der Waals surface area contributed by atoms with Gasteiger partial charge in [0.2, 0.25) is 0 Å². The minimum atomic E-state index is 1.11. The highest BCUT2D eigenvalue weighted by atomic mass is 32.1. The number of rotatable bonds is 1. The van der Waals surface area contributed by atoms with E-state index >= 15 is 0 Å². The zero-order valence-corrected chi connectivity index (χ0v) is 8.97. The zero-order chi connectivity index (χ0) is 9.26. The van der Waals surface area contributed by atoms with Gasteiger partial charge in [-0.15, -0.1) is 11.3 Å². The second kappa shape index (κ2) is 3.64. The lowest BCUT2D eigenvalue weighted by Gasteiger charge is -2.32. The molecule has 1 aromatic heterocycles. The van der Waals surface area contributed by atoms with E-state index in [1.807, 2.05) is 0 Å². The molecule has 0 bridgehead atoms. The van der Waals surface area contributed by atoms with Crippen molar-refractivity contribution in [1.29, 1.82) is 0 Å². The first-order chi connectivity index (χ1) is 6.25. The van der Waals surface area contributed by atoms with E-state index in [1.54, 1.807) is 11.3 Å². The summed E-state index contributed by atoms with van der Waals surface area (Å²) in [6.45, 7) is 6.58. The van der Waals surface area contributed by atoms with E-state index in [1.165, 1.54) is 5.13 Å². The van der Waals surface area contributed by atoms with Crippen LogP contribution in [-0.2, 0) is 0 Å². The summed E-state index contributed by atoms with van der Waals surface area (Å²) in [5, 5.41) is 3.30. The standard InChI is InChI=1S/C9H15N3S/c1-8-7-13-9(10-8)12-5-3-11(2)4-6-12/h7H,3-6H2,1-2H3. The molecule has 1 aliphatic heterocycles. The highest BCUT2D eigenvalue weighted by Crippen LogP contribution is 2.20. The lowest BCUT2D eigenvalue weighted by atomic mass is 10.3. The van der Waals surface area contributed by atoms with Crippen molar-refractivity contribution >= 4 is 16.5 Å². The molecule has 13 heavy (non-hydrogen) atoms. The Morgan fingerprint density at radius 2 is 2.00 bits per heavy atom. The first kappa shape index (κ1) is 8.97. The molecule has 0 saturated carbocycles. The second-order valence-electron chi connectivity index (χ2n) is 3.56. The fourth-order valence-electron chi connectivity index (χ4n) is 1.48. The molecule has 0 unspecified atom stereocenters. The molecule has 2 heterocycles. The Morgan fingerprint density at radius 3 is 2.54 bits per heavy atom. The molecule has 4 heteroatoms. The van der Waals surface area contributed by atoms with Gasteiger partial charge in [-0.1, -0.05) is 0 Å². The summed E-state index contributed by atoms with van der Waals surface area (Å²) in [5.74, 6) is 0. The Morgan fingerprint density at radius 1 is 1.31 bits per heavy atom. The number of anilines is 1. The van der Waals surface area contributed by atoms with Gasteiger partial charge in [0.15, 0.2) is 5.13 Å². The molecule has 2 rings (SSSR count). The normalized spacial score (nSPS) is 19.4. The van der Waals surface area contributed by atoms with E-state index in [0.717, 1.165) is 31.9 Å². The van der Waals surface area contributed by atoms with E-state index in [0.29, 0.717) is 0 Å². The van der Waals surface area contributed by atoms with Gasteiger partial charge in [-0.3, -0.25) is 0 Å². The average Bonchev–Trinajstić information content (AvgIpc) is 2.53. The lowest BCUT2D eigenvalue weighted by molar-refractivity contribution is 0.312. The van der Waals surface area contributed by atoms with Crippen molar-refractivity contribution in [1.82, 2.24) is 9.88 Å². The smallest absolute Gasteiger partial charge is 0.185 e. The van der Waals surface area contributed by atoms with Crippen LogP contribution in [0.4, 0.5) is 5.13 Å². The number of aromatic nitrogens is 1. The number of hydrogen-bond acceptors (Lipinski definition) is 4. The first-order valence-electron chi connectivity index (χ1n) is 4.61. The van der Waals surface area contributed by atoms with E-state index < -0.39 is 0 Å². The summed E-state index contributed by atoms with van der Waals surface area (Å²) in [4.78, 5) is 9.22. The van der Waals surface area contributed by atoms with Crippen molar-refractivity contribution in [2.75, 3.05) is 38.1 Å². The SMILES string of the molecule is Cc1csc(N2CCN(C)CC2)n1. The van der Waals surface area contributed by atoms with Crippen LogP contribution in [0.1, 0.15) is 5.69 Å². The van der Waals surface area contributed by atoms with Crippen molar-refractivity contribution in [2.24, 2.45) is 0 Å². The van der Waals surface area contributed by atoms with Gasteiger partial charge < -0.3 is 9.80 Å². The molecule has 0 amide bonds. The summed E-state index contributed by atoms with van der Waals surface area (Å²) in [6.07, 6.45) is 0. The van der Waals surface area contributed by atoms with Crippen molar-refractivity contribution in [2.45, 2.75) is 6.92 Å². The van der Waals surface area contributed by atoms with Crippen LogP contribution in [0.2, 0.25) is 0 Å². The number of likely N-dealkylation sites (N-methyl/N-ethyl adjacent to an activating group) is 1. The van der Waals surface area contributed by atoms with Gasteiger partial charge in [0.25, 0.3) is 0 Å². The van der Waals surface area contributed by atoms with Gasteiger partial charge in [0.05, 0.1) is 5.69 Å². The summed E-state index contributed by atoms with van der Waals surface area (Å²) in [5.41, 5.74) is 1.14. The topological polar surface area (TPSA) is 19.4 Å². The van der Waals surface area contributed by atoms with Crippen LogP contribution >= 0.6 is 11.3 Å². The zero-order valence-electron chi connectivity index (χ0n) is 8.16. The van der Waals surface area contributed by atoms with Crippen LogP contribution < -0.4 is 4.90 Å². The van der Waals surface area contributed by atoms with Gasteiger partial charge in [-0.2, -0.15) is 0 Å². The molecule has 1 aromatic rings. The molecule has 3 nitrogen and oxygen atoms in total. The fourth-order valence-corrected chi connectivity index (χ4v) is 2.34. The van der Waals surface area contributed by atoms with Gasteiger partial charge >= 0.3 is 0 Å². The molecule has 0 aliphatic carbocycles. The molecule has 1 saturated heterocycles. The number of aryl methyl sites for hydroxylation is 1. The Hall–Kier alpha value is -0.610. The third-order valence-corrected chi connectivity index (χ3v) is 3.40. The molecular weight excluding hydrogens is 182 g/mol. The quantitative estimate of drug-likeness (QED) is 0.674. The van der Waals surface area contributed by atoms with Gasteiger partial charge in [0, 0.05) is 31.6 Å². The number of thiazole rings is 1. The van der Waals surface area contributed by atoms with E-state index in [-0.39, 0.29) is 0 Å². The summed E-state index contributed by atoms with van der Waals surface area (Å²) < 4.78 is 0. The van der Waals surface area contributed by atoms with E-state index in [2.05, 4.69) is 34.1 Å². The Labute approximate surface area is 83.0 Å². The Kier molecular flexibility index (Phi) is 2.51. The summed E-state index contributed by atoms with van der Waals surface area (Å²) in [7, 11) is 2.17. The van der Waals surface area contributed by atoms with Crippen molar-refractivity contribution in [3.63, 3.8) is 0 Å². The van der Waals surface area contributed by atoms with Crippen LogP contribution in [0.5, 0.6) is 0 Å². The van der Waals surface area contributed by atoms with Gasteiger partial charge in [-0.05, 0) is 14.0 Å². The van der Waals surface area contributed by atoms with Crippen LogP contribution in [0.25, 0.3) is 0 Å². The second-order valence-corrected chi connectivity index (χ2v) is 4.40. The van der Waals surface area contributed by atoms with Crippen molar-refractivity contribution < 1.29 is 0 Å². The number of hydrogen-bond donors (Lipinski definition) is 0. The maximum absolute atomic E-state index is 4.49. The lowest BCUT2D eigenvalue weighted by Crippen LogP contribution is -2.44. The van der Waals surface area contributed by atoms with Crippen LogP contribution in [-0.4, -0.2) is 43.1 Å². The molecule has 0 atom stereocenters. The molecule has 0 radical (unpaired) electrons.